The molecule has 0 aliphatic heterocycles. The molecule has 0 aliphatic rings. The van der Waals surface area contributed by atoms with Gasteiger partial charge in [-0.3, -0.25) is 10.1 Å². The molecule has 124 valence electrons. The van der Waals surface area contributed by atoms with Crippen LogP contribution in [0.5, 0.6) is 0 Å². The lowest BCUT2D eigenvalue weighted by Crippen LogP contribution is -2.07. The predicted octanol–water partition coefficient (Wildman–Crippen LogP) is 3.31. The predicted molar refractivity (Wildman–Crippen MR) is 93.6 cm³/mol. The summed E-state index contributed by atoms with van der Waals surface area (Å²) in [6.07, 6.45) is 4.32. The molecular formula is C18H15N5O2. The number of nitriles is 1. The molecule has 3 rings (SSSR count). The number of nitro benzene ring substituents is 1. The fourth-order valence-corrected chi connectivity index (χ4v) is 2.48. The zero-order valence-corrected chi connectivity index (χ0v) is 13.3. The molecule has 1 heterocycles. The van der Waals surface area contributed by atoms with E-state index in [1.807, 2.05) is 42.6 Å². The van der Waals surface area contributed by atoms with E-state index in [0.29, 0.717) is 12.2 Å². The maximum absolute atomic E-state index is 11.1. The van der Waals surface area contributed by atoms with Crippen molar-refractivity contribution in [2.45, 2.75) is 6.42 Å². The molecule has 0 bridgehead atoms. The van der Waals surface area contributed by atoms with Gasteiger partial charge < -0.3 is 5.32 Å². The Bertz CT molecular complexity index is 912. The van der Waals surface area contributed by atoms with Gasteiger partial charge in [-0.25, -0.2) is 4.68 Å². The van der Waals surface area contributed by atoms with Gasteiger partial charge in [-0.1, -0.05) is 12.1 Å². The zero-order chi connectivity index (χ0) is 17.6. The fourth-order valence-electron chi connectivity index (χ4n) is 2.48. The van der Waals surface area contributed by atoms with Crippen molar-refractivity contribution in [2.75, 3.05) is 11.9 Å². The smallest absolute Gasteiger partial charge is 0.293 e. The summed E-state index contributed by atoms with van der Waals surface area (Å²) in [6.45, 7) is 0.549. The molecule has 1 N–H and O–H groups in total. The Labute approximate surface area is 144 Å². The van der Waals surface area contributed by atoms with Gasteiger partial charge in [0.15, 0.2) is 0 Å². The third kappa shape index (κ3) is 3.82. The van der Waals surface area contributed by atoms with E-state index in [-0.39, 0.29) is 11.3 Å². The van der Waals surface area contributed by atoms with E-state index in [1.165, 1.54) is 6.07 Å². The molecule has 0 amide bonds. The van der Waals surface area contributed by atoms with Crippen LogP contribution in [0.2, 0.25) is 0 Å². The maximum atomic E-state index is 11.1. The number of nitro groups is 1. The molecule has 25 heavy (non-hydrogen) atoms. The van der Waals surface area contributed by atoms with Crippen molar-refractivity contribution >= 4 is 11.4 Å². The summed E-state index contributed by atoms with van der Waals surface area (Å²) in [4.78, 5) is 10.6. The Morgan fingerprint density at radius 2 is 2.04 bits per heavy atom. The molecule has 0 spiro atoms. The first-order chi connectivity index (χ1) is 12.2. The number of benzene rings is 2. The van der Waals surface area contributed by atoms with E-state index in [2.05, 4.69) is 10.4 Å². The normalized spacial score (nSPS) is 10.2. The molecule has 0 atom stereocenters. The second-order valence-electron chi connectivity index (χ2n) is 5.39. The SMILES string of the molecule is N#Cc1ccc(NCCc2ccc(-n3cccn3)cc2)c([N+](=O)[O-])c1. The molecule has 0 aliphatic carbocycles. The molecule has 3 aromatic rings. The number of nitrogens with zero attached hydrogens (tertiary/aromatic N) is 4. The molecule has 0 saturated heterocycles. The molecule has 0 radical (unpaired) electrons. The molecule has 0 fully saturated rings. The Kier molecular flexibility index (Phi) is 4.72. The van der Waals surface area contributed by atoms with Gasteiger partial charge >= 0.3 is 0 Å². The van der Waals surface area contributed by atoms with Gasteiger partial charge in [0.2, 0.25) is 0 Å². The van der Waals surface area contributed by atoms with E-state index in [9.17, 15) is 10.1 Å². The molecule has 0 unspecified atom stereocenters. The van der Waals surface area contributed by atoms with Crippen molar-refractivity contribution < 1.29 is 4.92 Å². The molecular weight excluding hydrogens is 318 g/mol. The van der Waals surface area contributed by atoms with Gasteiger partial charge in [0.1, 0.15) is 5.69 Å². The zero-order valence-electron chi connectivity index (χ0n) is 13.3. The third-order valence-corrected chi connectivity index (χ3v) is 3.76. The summed E-state index contributed by atoms with van der Waals surface area (Å²) >= 11 is 0. The van der Waals surface area contributed by atoms with Gasteiger partial charge in [0.25, 0.3) is 5.69 Å². The highest BCUT2D eigenvalue weighted by molar-refractivity contribution is 5.64. The first kappa shape index (κ1) is 16.2. The summed E-state index contributed by atoms with van der Waals surface area (Å²) in [7, 11) is 0. The van der Waals surface area contributed by atoms with E-state index in [0.717, 1.165) is 17.7 Å². The first-order valence-electron chi connectivity index (χ1n) is 7.69. The lowest BCUT2D eigenvalue weighted by atomic mass is 10.1. The highest BCUT2D eigenvalue weighted by atomic mass is 16.6. The highest BCUT2D eigenvalue weighted by Gasteiger charge is 2.14. The Balaban J connectivity index is 1.63. The number of rotatable bonds is 6. The van der Waals surface area contributed by atoms with Crippen molar-refractivity contribution in [1.29, 1.82) is 5.26 Å². The standard InChI is InChI=1S/C18H15N5O2/c19-13-15-4-7-17(18(12-15)23(24)25)20-10-8-14-2-5-16(6-3-14)22-11-1-9-21-22/h1-7,9,11-12,20H,8,10H2. The van der Waals surface area contributed by atoms with Gasteiger partial charge in [-0.2, -0.15) is 10.4 Å². The van der Waals surface area contributed by atoms with Crippen molar-refractivity contribution in [3.05, 3.63) is 82.2 Å². The van der Waals surface area contributed by atoms with Crippen LogP contribution in [0.4, 0.5) is 11.4 Å². The van der Waals surface area contributed by atoms with Crippen molar-refractivity contribution in [3.8, 4) is 11.8 Å². The van der Waals surface area contributed by atoms with Crippen molar-refractivity contribution in [1.82, 2.24) is 9.78 Å². The molecule has 1 aromatic heterocycles. The minimum absolute atomic E-state index is 0.0897. The number of aromatic nitrogens is 2. The quantitative estimate of drug-likeness (QED) is 0.551. The number of nitrogens with one attached hydrogen (secondary N) is 1. The Morgan fingerprint density at radius 1 is 1.24 bits per heavy atom. The van der Waals surface area contributed by atoms with Gasteiger partial charge in [-0.15, -0.1) is 0 Å². The second kappa shape index (κ2) is 7.27. The summed E-state index contributed by atoms with van der Waals surface area (Å²) in [6, 6.07) is 16.2. The van der Waals surface area contributed by atoms with Crippen LogP contribution in [0.1, 0.15) is 11.1 Å². The average molecular weight is 333 g/mol. The van der Waals surface area contributed by atoms with E-state index >= 15 is 0 Å². The number of hydrogen-bond acceptors (Lipinski definition) is 5. The summed E-state index contributed by atoms with van der Waals surface area (Å²) < 4.78 is 1.78. The molecule has 7 nitrogen and oxygen atoms in total. The average Bonchev–Trinajstić information content (AvgIpc) is 3.17. The Morgan fingerprint density at radius 3 is 2.68 bits per heavy atom. The largest absolute Gasteiger partial charge is 0.379 e. The summed E-state index contributed by atoms with van der Waals surface area (Å²) in [5, 5.41) is 27.2. The van der Waals surface area contributed by atoms with E-state index < -0.39 is 4.92 Å². The lowest BCUT2D eigenvalue weighted by Gasteiger charge is -2.08. The lowest BCUT2D eigenvalue weighted by molar-refractivity contribution is -0.384. The summed E-state index contributed by atoms with van der Waals surface area (Å²) in [5.74, 6) is 0. The highest BCUT2D eigenvalue weighted by Crippen LogP contribution is 2.25. The molecule has 7 heteroatoms. The number of hydrogen-bond donors (Lipinski definition) is 1. The van der Waals surface area contributed by atoms with Crippen LogP contribution >= 0.6 is 0 Å². The van der Waals surface area contributed by atoms with E-state index in [4.69, 9.17) is 5.26 Å². The van der Waals surface area contributed by atoms with Gasteiger partial charge in [0.05, 0.1) is 22.2 Å². The first-order valence-corrected chi connectivity index (χ1v) is 7.69. The van der Waals surface area contributed by atoms with Crippen LogP contribution < -0.4 is 5.32 Å². The van der Waals surface area contributed by atoms with Crippen LogP contribution in [0.25, 0.3) is 5.69 Å². The third-order valence-electron chi connectivity index (χ3n) is 3.76. The second-order valence-corrected chi connectivity index (χ2v) is 5.39. The minimum Gasteiger partial charge on any atom is -0.379 e. The van der Waals surface area contributed by atoms with Crippen LogP contribution in [0.15, 0.2) is 60.9 Å². The van der Waals surface area contributed by atoms with Crippen LogP contribution in [0, 0.1) is 21.4 Å². The minimum atomic E-state index is -0.484. The Hall–Kier alpha value is -3.66. The van der Waals surface area contributed by atoms with Crippen molar-refractivity contribution in [3.63, 3.8) is 0 Å². The fraction of sp³-hybridized carbons (Fsp3) is 0.111. The molecule has 0 saturated carbocycles. The maximum Gasteiger partial charge on any atom is 0.293 e. The van der Waals surface area contributed by atoms with Gasteiger partial charge in [-0.05, 0) is 42.3 Å². The number of anilines is 1. The molecule has 2 aromatic carbocycles. The monoisotopic (exact) mass is 333 g/mol. The van der Waals surface area contributed by atoms with Gasteiger partial charge in [0, 0.05) is 25.0 Å². The van der Waals surface area contributed by atoms with Crippen LogP contribution in [-0.2, 0) is 6.42 Å². The van der Waals surface area contributed by atoms with Crippen LogP contribution in [0.3, 0.4) is 0 Å². The topological polar surface area (TPSA) is 96.8 Å². The summed E-state index contributed by atoms with van der Waals surface area (Å²) in [5.41, 5.74) is 2.68. The van der Waals surface area contributed by atoms with E-state index in [1.54, 1.807) is 23.0 Å². The van der Waals surface area contributed by atoms with Crippen LogP contribution in [-0.4, -0.2) is 21.2 Å². The van der Waals surface area contributed by atoms with Crippen molar-refractivity contribution in [2.24, 2.45) is 0 Å².